The lowest BCUT2D eigenvalue weighted by Gasteiger charge is -2.21. The van der Waals surface area contributed by atoms with E-state index in [4.69, 9.17) is 4.74 Å². The lowest BCUT2D eigenvalue weighted by Crippen LogP contribution is -2.47. The van der Waals surface area contributed by atoms with Gasteiger partial charge >= 0.3 is 0 Å². The van der Waals surface area contributed by atoms with E-state index in [2.05, 4.69) is 15.6 Å². The van der Waals surface area contributed by atoms with Crippen LogP contribution in [0.15, 0.2) is 48.7 Å². The van der Waals surface area contributed by atoms with Crippen LogP contribution in [0.2, 0.25) is 0 Å². The molecule has 0 saturated heterocycles. The molecule has 0 bridgehead atoms. The van der Waals surface area contributed by atoms with Crippen LogP contribution in [-0.2, 0) is 4.79 Å². The molecular weight excluding hydrogens is 306 g/mol. The summed E-state index contributed by atoms with van der Waals surface area (Å²) in [5, 5.41) is 5.48. The van der Waals surface area contributed by atoms with E-state index in [1.165, 1.54) is 0 Å². The van der Waals surface area contributed by atoms with Crippen molar-refractivity contribution >= 4 is 17.6 Å². The summed E-state index contributed by atoms with van der Waals surface area (Å²) in [7, 11) is 1.56. The normalized spacial score (nSPS) is 11.7. The molecule has 0 fully saturated rings. The first-order valence-corrected chi connectivity index (χ1v) is 7.68. The van der Waals surface area contributed by atoms with Gasteiger partial charge in [-0.25, -0.2) is 4.98 Å². The number of nitrogens with one attached hydrogen (secondary N) is 2. The van der Waals surface area contributed by atoms with Crippen molar-refractivity contribution in [2.24, 2.45) is 5.92 Å². The number of nitrogens with zero attached hydrogens (tertiary/aromatic N) is 1. The van der Waals surface area contributed by atoms with E-state index in [9.17, 15) is 9.59 Å². The summed E-state index contributed by atoms with van der Waals surface area (Å²) < 4.78 is 5.07. The third-order valence-corrected chi connectivity index (χ3v) is 3.50. The standard InChI is InChI=1S/C18H21N3O3/c1-12(2)16(18(23)20-15-6-4-5-11-19-15)21-17(22)13-7-9-14(24-3)10-8-13/h4-12,16H,1-3H3,(H,21,22)(H,19,20,23)/t16-/m1/s1. The second-order valence-corrected chi connectivity index (χ2v) is 5.63. The number of carbonyl (C=O) groups is 2. The Morgan fingerprint density at radius 2 is 1.79 bits per heavy atom. The number of ether oxygens (including phenoxy) is 1. The Labute approximate surface area is 141 Å². The molecule has 0 aliphatic heterocycles. The van der Waals surface area contributed by atoms with Gasteiger partial charge in [0.25, 0.3) is 5.91 Å². The van der Waals surface area contributed by atoms with Crippen LogP contribution in [0.25, 0.3) is 0 Å². The van der Waals surface area contributed by atoms with Crippen molar-refractivity contribution in [1.29, 1.82) is 0 Å². The van der Waals surface area contributed by atoms with Crippen molar-refractivity contribution in [3.05, 3.63) is 54.2 Å². The Balaban J connectivity index is 2.06. The van der Waals surface area contributed by atoms with Gasteiger partial charge in [-0.1, -0.05) is 19.9 Å². The number of methoxy groups -OCH3 is 1. The highest BCUT2D eigenvalue weighted by atomic mass is 16.5. The topological polar surface area (TPSA) is 80.3 Å². The Hall–Kier alpha value is -2.89. The second-order valence-electron chi connectivity index (χ2n) is 5.63. The van der Waals surface area contributed by atoms with Gasteiger partial charge < -0.3 is 15.4 Å². The van der Waals surface area contributed by atoms with Gasteiger partial charge in [0.15, 0.2) is 0 Å². The van der Waals surface area contributed by atoms with E-state index in [1.807, 2.05) is 13.8 Å². The minimum Gasteiger partial charge on any atom is -0.497 e. The zero-order chi connectivity index (χ0) is 17.5. The molecule has 1 aromatic heterocycles. The molecule has 0 spiro atoms. The number of benzene rings is 1. The summed E-state index contributed by atoms with van der Waals surface area (Å²) in [6, 6.07) is 11.3. The predicted octanol–water partition coefficient (Wildman–Crippen LogP) is 2.48. The maximum absolute atomic E-state index is 12.4. The molecule has 0 radical (unpaired) electrons. The van der Waals surface area contributed by atoms with Gasteiger partial charge in [0.1, 0.15) is 17.6 Å². The lowest BCUT2D eigenvalue weighted by molar-refractivity contribution is -0.118. The highest BCUT2D eigenvalue weighted by Gasteiger charge is 2.25. The lowest BCUT2D eigenvalue weighted by atomic mass is 10.0. The Bertz CT molecular complexity index is 684. The monoisotopic (exact) mass is 327 g/mol. The minimum atomic E-state index is -0.665. The van der Waals surface area contributed by atoms with Crippen molar-refractivity contribution in [2.45, 2.75) is 19.9 Å². The van der Waals surface area contributed by atoms with E-state index in [0.29, 0.717) is 17.1 Å². The van der Waals surface area contributed by atoms with Gasteiger partial charge in [-0.05, 0) is 42.3 Å². The van der Waals surface area contributed by atoms with Gasteiger partial charge in [-0.15, -0.1) is 0 Å². The Kier molecular flexibility index (Phi) is 5.89. The fraction of sp³-hybridized carbons (Fsp3) is 0.278. The molecule has 2 aromatic rings. The third-order valence-electron chi connectivity index (χ3n) is 3.50. The molecule has 6 nitrogen and oxygen atoms in total. The van der Waals surface area contributed by atoms with Crippen molar-refractivity contribution in [3.63, 3.8) is 0 Å². The zero-order valence-corrected chi connectivity index (χ0v) is 13.9. The first-order valence-electron chi connectivity index (χ1n) is 7.68. The summed E-state index contributed by atoms with van der Waals surface area (Å²) in [6.07, 6.45) is 1.59. The number of hydrogen-bond acceptors (Lipinski definition) is 4. The van der Waals surface area contributed by atoms with Crippen LogP contribution in [0.3, 0.4) is 0 Å². The van der Waals surface area contributed by atoms with Crippen molar-refractivity contribution in [1.82, 2.24) is 10.3 Å². The average Bonchev–Trinajstić information content (AvgIpc) is 2.60. The summed E-state index contributed by atoms with van der Waals surface area (Å²) in [5.74, 6) is 0.431. The molecule has 2 amide bonds. The quantitative estimate of drug-likeness (QED) is 0.854. The van der Waals surface area contributed by atoms with Crippen molar-refractivity contribution in [3.8, 4) is 5.75 Å². The Morgan fingerprint density at radius 1 is 1.08 bits per heavy atom. The number of hydrogen-bond donors (Lipinski definition) is 2. The number of anilines is 1. The molecule has 6 heteroatoms. The summed E-state index contributed by atoms with van der Waals surface area (Å²) in [6.45, 7) is 3.74. The fourth-order valence-electron chi connectivity index (χ4n) is 2.14. The van der Waals surface area contributed by atoms with Crippen LogP contribution in [0.5, 0.6) is 5.75 Å². The van der Waals surface area contributed by atoms with Gasteiger partial charge in [-0.3, -0.25) is 9.59 Å². The molecule has 126 valence electrons. The molecule has 1 aromatic carbocycles. The fourth-order valence-corrected chi connectivity index (χ4v) is 2.14. The Morgan fingerprint density at radius 3 is 2.33 bits per heavy atom. The van der Waals surface area contributed by atoms with Crippen LogP contribution in [0.4, 0.5) is 5.82 Å². The number of aromatic nitrogens is 1. The van der Waals surface area contributed by atoms with Gasteiger partial charge in [0, 0.05) is 11.8 Å². The van der Waals surface area contributed by atoms with Crippen molar-refractivity contribution in [2.75, 3.05) is 12.4 Å². The number of carbonyl (C=O) groups excluding carboxylic acids is 2. The van der Waals surface area contributed by atoms with Crippen LogP contribution < -0.4 is 15.4 Å². The van der Waals surface area contributed by atoms with Crippen LogP contribution in [0, 0.1) is 5.92 Å². The molecule has 1 heterocycles. The molecule has 2 N–H and O–H groups in total. The molecular formula is C18H21N3O3. The number of pyridine rings is 1. The molecule has 0 unspecified atom stereocenters. The summed E-state index contributed by atoms with van der Waals surface area (Å²) >= 11 is 0. The maximum Gasteiger partial charge on any atom is 0.251 e. The highest BCUT2D eigenvalue weighted by molar-refractivity contribution is 6.01. The van der Waals surface area contributed by atoms with Gasteiger partial charge in [-0.2, -0.15) is 0 Å². The summed E-state index contributed by atoms with van der Waals surface area (Å²) in [4.78, 5) is 28.9. The smallest absolute Gasteiger partial charge is 0.251 e. The number of amides is 2. The van der Waals surface area contributed by atoms with Gasteiger partial charge in [0.05, 0.1) is 7.11 Å². The highest BCUT2D eigenvalue weighted by Crippen LogP contribution is 2.13. The SMILES string of the molecule is COc1ccc(C(=O)N[C@@H](C(=O)Nc2ccccn2)C(C)C)cc1. The van der Waals surface area contributed by atoms with E-state index in [0.717, 1.165) is 0 Å². The minimum absolute atomic E-state index is 0.0732. The van der Waals surface area contributed by atoms with E-state index in [-0.39, 0.29) is 17.7 Å². The van der Waals surface area contributed by atoms with E-state index >= 15 is 0 Å². The van der Waals surface area contributed by atoms with E-state index < -0.39 is 6.04 Å². The molecule has 2 rings (SSSR count). The molecule has 1 atom stereocenters. The molecule has 24 heavy (non-hydrogen) atoms. The maximum atomic E-state index is 12.4. The second kappa shape index (κ2) is 8.10. The van der Waals surface area contributed by atoms with Gasteiger partial charge in [0.2, 0.25) is 5.91 Å². The first kappa shape index (κ1) is 17.5. The molecule has 0 saturated carbocycles. The largest absolute Gasteiger partial charge is 0.497 e. The van der Waals surface area contributed by atoms with Crippen LogP contribution >= 0.6 is 0 Å². The first-order chi connectivity index (χ1) is 11.5. The third kappa shape index (κ3) is 4.55. The molecule has 0 aliphatic rings. The average molecular weight is 327 g/mol. The van der Waals surface area contributed by atoms with E-state index in [1.54, 1.807) is 55.8 Å². The predicted molar refractivity (Wildman–Crippen MR) is 92.0 cm³/mol. The molecule has 0 aliphatic carbocycles. The van der Waals surface area contributed by atoms with Crippen LogP contribution in [0.1, 0.15) is 24.2 Å². The summed E-state index contributed by atoms with van der Waals surface area (Å²) in [5.41, 5.74) is 0.465. The van der Waals surface area contributed by atoms with Crippen LogP contribution in [-0.4, -0.2) is 29.9 Å². The number of rotatable bonds is 6. The van der Waals surface area contributed by atoms with Crippen molar-refractivity contribution < 1.29 is 14.3 Å². The zero-order valence-electron chi connectivity index (χ0n) is 13.9.